The Morgan fingerprint density at radius 1 is 1.14 bits per heavy atom. The van der Waals surface area contributed by atoms with Crippen molar-refractivity contribution in [3.8, 4) is 11.8 Å². The summed E-state index contributed by atoms with van der Waals surface area (Å²) in [5.74, 6) is 0.496. The van der Waals surface area contributed by atoms with E-state index < -0.39 is 11.7 Å². The number of H-pyrrole nitrogens is 1. The summed E-state index contributed by atoms with van der Waals surface area (Å²) in [6.07, 6.45) is 1.37. The van der Waals surface area contributed by atoms with Gasteiger partial charge in [-0.25, -0.2) is 4.79 Å². The van der Waals surface area contributed by atoms with Gasteiger partial charge < -0.3 is 29.6 Å². The number of rotatable bonds is 6. The van der Waals surface area contributed by atoms with Crippen molar-refractivity contribution in [1.82, 2.24) is 15.2 Å². The standard InChI is InChI=1S/C28H33N5O4/c1-19(31-27(35)37-28(2,3)4)23-17-30-24-10-9-21(15-22(23)24)36-18-26(34)33-13-11-32(12-14-33)25-8-6-5-7-20(25)16-29/h5-10,15,17,19,30H,11-14,18H2,1-4H3,(H,31,35). The Kier molecular flexibility index (Phi) is 7.58. The largest absolute Gasteiger partial charge is 0.484 e. The molecule has 2 N–H and O–H groups in total. The molecule has 0 aliphatic carbocycles. The van der Waals surface area contributed by atoms with Crippen LogP contribution in [0.5, 0.6) is 5.75 Å². The summed E-state index contributed by atoms with van der Waals surface area (Å²) >= 11 is 0. The minimum atomic E-state index is -0.578. The van der Waals surface area contributed by atoms with Crippen molar-refractivity contribution in [2.75, 3.05) is 37.7 Å². The Labute approximate surface area is 216 Å². The number of anilines is 1. The molecule has 0 spiro atoms. The molecule has 2 heterocycles. The molecule has 1 aliphatic rings. The Balaban J connectivity index is 1.34. The third kappa shape index (κ3) is 6.33. The van der Waals surface area contributed by atoms with Crippen LogP contribution in [-0.2, 0) is 9.53 Å². The summed E-state index contributed by atoms with van der Waals surface area (Å²) < 4.78 is 11.2. The fourth-order valence-corrected chi connectivity index (χ4v) is 4.41. The van der Waals surface area contributed by atoms with Gasteiger partial charge in [0.2, 0.25) is 0 Å². The van der Waals surface area contributed by atoms with Gasteiger partial charge in [-0.3, -0.25) is 4.79 Å². The molecule has 9 heteroatoms. The smallest absolute Gasteiger partial charge is 0.408 e. The number of aromatic amines is 1. The van der Waals surface area contributed by atoms with Gasteiger partial charge >= 0.3 is 6.09 Å². The van der Waals surface area contributed by atoms with Crippen molar-refractivity contribution in [2.24, 2.45) is 0 Å². The molecule has 1 atom stereocenters. The average molecular weight is 504 g/mol. The highest BCUT2D eigenvalue weighted by Gasteiger charge is 2.23. The molecule has 9 nitrogen and oxygen atoms in total. The van der Waals surface area contributed by atoms with E-state index in [1.807, 2.05) is 76.4 Å². The zero-order valence-electron chi connectivity index (χ0n) is 21.7. The molecule has 194 valence electrons. The number of hydrogen-bond donors (Lipinski definition) is 2. The van der Waals surface area contributed by atoms with Crippen molar-refractivity contribution in [3.63, 3.8) is 0 Å². The van der Waals surface area contributed by atoms with Gasteiger partial charge in [-0.15, -0.1) is 0 Å². The first-order valence-electron chi connectivity index (χ1n) is 12.4. The highest BCUT2D eigenvalue weighted by atomic mass is 16.6. The van der Waals surface area contributed by atoms with Crippen LogP contribution in [0.2, 0.25) is 0 Å². The van der Waals surface area contributed by atoms with E-state index >= 15 is 0 Å². The molecule has 1 aromatic heterocycles. The van der Waals surface area contributed by atoms with E-state index in [2.05, 4.69) is 21.3 Å². The zero-order valence-corrected chi connectivity index (χ0v) is 21.7. The molecule has 1 saturated heterocycles. The number of piperazine rings is 1. The van der Waals surface area contributed by atoms with Crippen LogP contribution in [0.25, 0.3) is 10.9 Å². The Hall–Kier alpha value is -4.19. The number of nitrogens with zero attached hydrogens (tertiary/aromatic N) is 3. The SMILES string of the molecule is CC(NC(=O)OC(C)(C)C)c1c[nH]c2ccc(OCC(=O)N3CCN(c4ccccc4C#N)CC3)cc12. The molecule has 0 saturated carbocycles. The summed E-state index contributed by atoms with van der Waals surface area (Å²) in [7, 11) is 0. The van der Waals surface area contributed by atoms with Crippen LogP contribution in [0.4, 0.5) is 10.5 Å². The number of fused-ring (bicyclic) bond motifs is 1. The number of nitriles is 1. The number of para-hydroxylation sites is 1. The lowest BCUT2D eigenvalue weighted by molar-refractivity contribution is -0.133. The van der Waals surface area contributed by atoms with Gasteiger partial charge in [0.05, 0.1) is 17.3 Å². The highest BCUT2D eigenvalue weighted by Crippen LogP contribution is 2.28. The molecule has 0 radical (unpaired) electrons. The Bertz CT molecular complexity index is 1310. The van der Waals surface area contributed by atoms with E-state index in [0.717, 1.165) is 22.2 Å². The zero-order chi connectivity index (χ0) is 26.6. The molecule has 1 aliphatic heterocycles. The monoisotopic (exact) mass is 503 g/mol. The molecule has 1 unspecified atom stereocenters. The maximum absolute atomic E-state index is 12.8. The quantitative estimate of drug-likeness (QED) is 0.517. The summed E-state index contributed by atoms with van der Waals surface area (Å²) in [6.45, 7) is 9.74. The van der Waals surface area contributed by atoms with Crippen molar-refractivity contribution >= 4 is 28.6 Å². The second-order valence-electron chi connectivity index (χ2n) is 10.1. The van der Waals surface area contributed by atoms with E-state index in [0.29, 0.717) is 37.5 Å². The minimum Gasteiger partial charge on any atom is -0.484 e. The first kappa shape index (κ1) is 25.9. The van der Waals surface area contributed by atoms with Gasteiger partial charge in [-0.2, -0.15) is 5.26 Å². The van der Waals surface area contributed by atoms with Crippen molar-refractivity contribution in [2.45, 2.75) is 39.3 Å². The van der Waals surface area contributed by atoms with Gasteiger partial charge in [-0.1, -0.05) is 12.1 Å². The van der Waals surface area contributed by atoms with E-state index in [4.69, 9.17) is 9.47 Å². The number of alkyl carbamates (subject to hydrolysis) is 1. The van der Waals surface area contributed by atoms with Crippen LogP contribution in [0.15, 0.2) is 48.7 Å². The van der Waals surface area contributed by atoms with Gasteiger partial charge in [-0.05, 0) is 63.6 Å². The van der Waals surface area contributed by atoms with Crippen molar-refractivity contribution < 1.29 is 19.1 Å². The van der Waals surface area contributed by atoms with Crippen molar-refractivity contribution in [3.05, 3.63) is 59.8 Å². The number of hydrogen-bond acceptors (Lipinski definition) is 6. The third-order valence-corrected chi connectivity index (χ3v) is 6.24. The van der Waals surface area contributed by atoms with E-state index in [1.165, 1.54) is 0 Å². The lowest BCUT2D eigenvalue weighted by Gasteiger charge is -2.36. The van der Waals surface area contributed by atoms with Crippen LogP contribution in [-0.4, -0.2) is 60.3 Å². The van der Waals surface area contributed by atoms with Crippen LogP contribution in [0.1, 0.15) is 44.9 Å². The lowest BCUT2D eigenvalue weighted by atomic mass is 10.1. The number of ether oxygens (including phenoxy) is 2. The summed E-state index contributed by atoms with van der Waals surface area (Å²) in [4.78, 5) is 32.2. The lowest BCUT2D eigenvalue weighted by Crippen LogP contribution is -2.50. The molecular formula is C28H33N5O4. The third-order valence-electron chi connectivity index (χ3n) is 6.24. The second-order valence-corrected chi connectivity index (χ2v) is 10.1. The Morgan fingerprint density at radius 3 is 2.57 bits per heavy atom. The fraction of sp³-hybridized carbons (Fsp3) is 0.393. The fourth-order valence-electron chi connectivity index (χ4n) is 4.41. The van der Waals surface area contributed by atoms with Gasteiger partial charge in [0.15, 0.2) is 6.61 Å². The van der Waals surface area contributed by atoms with Crippen molar-refractivity contribution in [1.29, 1.82) is 5.26 Å². The topological polar surface area (TPSA) is 111 Å². The number of benzene rings is 2. The predicted octanol–water partition coefficient (Wildman–Crippen LogP) is 4.35. The Morgan fingerprint density at radius 2 is 1.86 bits per heavy atom. The number of amides is 2. The molecule has 4 rings (SSSR count). The number of carbonyl (C=O) groups is 2. The molecule has 37 heavy (non-hydrogen) atoms. The van der Waals surface area contributed by atoms with Gasteiger partial charge in [0.1, 0.15) is 17.4 Å². The molecule has 3 aromatic rings. The van der Waals surface area contributed by atoms with E-state index in [-0.39, 0.29) is 18.6 Å². The van der Waals surface area contributed by atoms with Crippen LogP contribution in [0, 0.1) is 11.3 Å². The molecular weight excluding hydrogens is 470 g/mol. The number of nitrogens with one attached hydrogen (secondary N) is 2. The predicted molar refractivity (Wildman–Crippen MR) is 142 cm³/mol. The molecule has 2 aromatic carbocycles. The second kappa shape index (κ2) is 10.8. The van der Waals surface area contributed by atoms with Gasteiger partial charge in [0, 0.05) is 43.3 Å². The summed E-state index contributed by atoms with van der Waals surface area (Å²) in [6, 6.07) is 15.0. The van der Waals surface area contributed by atoms with E-state index in [1.54, 1.807) is 4.90 Å². The average Bonchev–Trinajstić information content (AvgIpc) is 3.29. The summed E-state index contributed by atoms with van der Waals surface area (Å²) in [5, 5.41) is 13.1. The first-order valence-corrected chi connectivity index (χ1v) is 12.4. The number of carbonyl (C=O) groups excluding carboxylic acids is 2. The molecule has 2 amide bonds. The number of aromatic nitrogens is 1. The van der Waals surface area contributed by atoms with Crippen LogP contribution < -0.4 is 15.0 Å². The van der Waals surface area contributed by atoms with Crippen LogP contribution >= 0.6 is 0 Å². The van der Waals surface area contributed by atoms with E-state index in [9.17, 15) is 14.9 Å². The summed E-state index contributed by atoms with van der Waals surface area (Å²) in [5.41, 5.74) is 2.76. The van der Waals surface area contributed by atoms with Crippen LogP contribution in [0.3, 0.4) is 0 Å². The minimum absolute atomic E-state index is 0.0637. The first-order chi connectivity index (χ1) is 17.6. The maximum atomic E-state index is 12.8. The highest BCUT2D eigenvalue weighted by molar-refractivity contribution is 5.86. The molecule has 1 fully saturated rings. The normalized spacial score (nSPS) is 14.7. The maximum Gasteiger partial charge on any atom is 0.408 e. The molecule has 0 bridgehead atoms. The van der Waals surface area contributed by atoms with Gasteiger partial charge in [0.25, 0.3) is 5.91 Å².